The van der Waals surface area contributed by atoms with E-state index in [0.717, 1.165) is 12.8 Å². The predicted octanol–water partition coefficient (Wildman–Crippen LogP) is 0.643. The molecule has 2 fully saturated rings. The highest BCUT2D eigenvalue weighted by atomic mass is 32.2. The number of aromatic nitrogens is 3. The van der Waals surface area contributed by atoms with E-state index in [1.165, 1.54) is 6.26 Å². The summed E-state index contributed by atoms with van der Waals surface area (Å²) < 4.78 is 25.5. The zero-order chi connectivity index (χ0) is 16.9. The van der Waals surface area contributed by atoms with E-state index in [1.54, 1.807) is 22.5 Å². The number of nitrogens with zero attached hydrogens (tertiary/aromatic N) is 3. The van der Waals surface area contributed by atoms with Crippen molar-refractivity contribution in [2.75, 3.05) is 6.26 Å². The first-order chi connectivity index (χ1) is 11.4. The fourth-order valence-corrected chi connectivity index (χ4v) is 5.51. The molecule has 2 bridgehead atoms. The molecular weight excluding hydrogens is 330 g/mol. The first kappa shape index (κ1) is 15.5. The van der Waals surface area contributed by atoms with Crippen LogP contribution in [0.1, 0.15) is 36.0 Å². The molecule has 2 N–H and O–H groups in total. The number of carbonyl (C=O) groups excluding carboxylic acids is 1. The zero-order valence-corrected chi connectivity index (χ0v) is 14.1. The van der Waals surface area contributed by atoms with E-state index in [1.807, 2.05) is 0 Å². The monoisotopic (exact) mass is 349 g/mol. The molecule has 0 saturated carbocycles. The second-order valence-electron chi connectivity index (χ2n) is 6.65. The number of sulfonamides is 1. The van der Waals surface area contributed by atoms with Crippen molar-refractivity contribution < 1.29 is 13.2 Å². The molecule has 3 heterocycles. The van der Waals surface area contributed by atoms with Crippen molar-refractivity contribution in [1.82, 2.24) is 25.0 Å². The number of rotatable bonds is 3. The van der Waals surface area contributed by atoms with Crippen LogP contribution < -0.4 is 5.32 Å². The summed E-state index contributed by atoms with van der Waals surface area (Å²) in [5.74, 6) is -0.155. The fourth-order valence-electron chi connectivity index (χ4n) is 4.04. The van der Waals surface area contributed by atoms with Gasteiger partial charge in [0.2, 0.25) is 10.0 Å². The molecule has 2 unspecified atom stereocenters. The normalized spacial score (nSPS) is 27.5. The quantitative estimate of drug-likeness (QED) is 0.845. The Morgan fingerprint density at radius 2 is 1.88 bits per heavy atom. The summed E-state index contributed by atoms with van der Waals surface area (Å²) in [6.45, 7) is 0. The Balaban J connectivity index is 1.47. The maximum Gasteiger partial charge on any atom is 0.251 e. The minimum absolute atomic E-state index is 0.000931. The fraction of sp³-hybridized carbons (Fsp3) is 0.533. The van der Waals surface area contributed by atoms with Gasteiger partial charge in [-0.05, 0) is 43.9 Å². The van der Waals surface area contributed by atoms with Gasteiger partial charge in [0.15, 0.2) is 0 Å². The van der Waals surface area contributed by atoms with Gasteiger partial charge in [0, 0.05) is 23.7 Å². The standard InChI is InChI=1S/C15H19N5O3S/c1-24(22,23)20-11-3-4-12(20)8-10(7-11)16-15(21)9-2-5-13-14(6-9)18-19-17-13/h2,5-6,10-12H,3-4,7-8H2,1H3,(H,16,21)(H,17,18,19). The number of aromatic amines is 1. The largest absolute Gasteiger partial charge is 0.349 e. The molecule has 2 atom stereocenters. The third-order valence-electron chi connectivity index (χ3n) is 4.96. The summed E-state index contributed by atoms with van der Waals surface area (Å²) in [6.07, 6.45) is 4.34. The number of piperidine rings is 1. The van der Waals surface area contributed by atoms with Crippen LogP contribution in [0, 0.1) is 0 Å². The number of H-pyrrole nitrogens is 1. The lowest BCUT2D eigenvalue weighted by molar-refractivity contribution is 0.0909. The van der Waals surface area contributed by atoms with Gasteiger partial charge in [0.1, 0.15) is 11.0 Å². The second kappa shape index (κ2) is 5.52. The van der Waals surface area contributed by atoms with Gasteiger partial charge < -0.3 is 5.32 Å². The summed E-state index contributed by atoms with van der Waals surface area (Å²) in [6, 6.07) is 5.18. The Bertz CT molecular complexity index is 879. The van der Waals surface area contributed by atoms with Crippen molar-refractivity contribution in [3.05, 3.63) is 23.8 Å². The molecule has 1 amide bonds. The average Bonchev–Trinajstić information content (AvgIpc) is 3.09. The summed E-state index contributed by atoms with van der Waals surface area (Å²) in [5, 5.41) is 13.5. The second-order valence-corrected chi connectivity index (χ2v) is 8.53. The summed E-state index contributed by atoms with van der Waals surface area (Å²) in [4.78, 5) is 12.5. The van der Waals surface area contributed by atoms with Crippen molar-refractivity contribution in [2.24, 2.45) is 0 Å². The molecule has 2 aromatic rings. The number of hydrogen-bond donors (Lipinski definition) is 2. The molecule has 2 aliphatic heterocycles. The number of hydrogen-bond acceptors (Lipinski definition) is 5. The van der Waals surface area contributed by atoms with Gasteiger partial charge in [-0.25, -0.2) is 8.42 Å². The third-order valence-corrected chi connectivity index (χ3v) is 6.32. The number of fused-ring (bicyclic) bond motifs is 3. The number of carbonyl (C=O) groups is 1. The van der Waals surface area contributed by atoms with Gasteiger partial charge in [-0.2, -0.15) is 19.7 Å². The summed E-state index contributed by atoms with van der Waals surface area (Å²) in [7, 11) is -3.18. The van der Waals surface area contributed by atoms with Crippen molar-refractivity contribution in [3.63, 3.8) is 0 Å². The Kier molecular flexibility index (Phi) is 3.57. The zero-order valence-electron chi connectivity index (χ0n) is 13.3. The maximum atomic E-state index is 12.5. The molecule has 0 radical (unpaired) electrons. The Morgan fingerprint density at radius 1 is 1.21 bits per heavy atom. The van der Waals surface area contributed by atoms with Crippen molar-refractivity contribution in [1.29, 1.82) is 0 Å². The SMILES string of the molecule is CS(=O)(=O)N1C2CCC1CC(NC(=O)c1ccc3n[nH]nc3c1)C2. The van der Waals surface area contributed by atoms with Gasteiger partial charge in [0.05, 0.1) is 6.26 Å². The first-order valence-electron chi connectivity index (χ1n) is 8.02. The summed E-state index contributed by atoms with van der Waals surface area (Å²) >= 11 is 0. The summed E-state index contributed by atoms with van der Waals surface area (Å²) in [5.41, 5.74) is 1.90. The molecule has 1 aromatic heterocycles. The van der Waals surface area contributed by atoms with Gasteiger partial charge in [-0.15, -0.1) is 0 Å². The molecule has 2 saturated heterocycles. The van der Waals surface area contributed by atoms with Crippen LogP contribution in [-0.4, -0.2) is 58.4 Å². The third kappa shape index (κ3) is 2.67. The van der Waals surface area contributed by atoms with E-state index in [4.69, 9.17) is 0 Å². The van der Waals surface area contributed by atoms with Crippen molar-refractivity contribution >= 4 is 27.0 Å². The van der Waals surface area contributed by atoms with E-state index < -0.39 is 10.0 Å². The van der Waals surface area contributed by atoms with Crippen LogP contribution in [0.2, 0.25) is 0 Å². The van der Waals surface area contributed by atoms with Crippen LogP contribution in [0.25, 0.3) is 11.0 Å². The molecule has 4 rings (SSSR count). The minimum atomic E-state index is -3.18. The van der Waals surface area contributed by atoms with Crippen LogP contribution in [0.4, 0.5) is 0 Å². The highest BCUT2D eigenvalue weighted by Gasteiger charge is 2.45. The van der Waals surface area contributed by atoms with E-state index in [2.05, 4.69) is 20.7 Å². The highest BCUT2D eigenvalue weighted by Crippen LogP contribution is 2.37. The molecule has 1 aromatic carbocycles. The van der Waals surface area contributed by atoms with Crippen LogP contribution in [0.5, 0.6) is 0 Å². The topological polar surface area (TPSA) is 108 Å². The highest BCUT2D eigenvalue weighted by molar-refractivity contribution is 7.88. The predicted molar refractivity (Wildman–Crippen MR) is 87.9 cm³/mol. The Labute approximate surface area is 139 Å². The Hall–Kier alpha value is -2.00. The van der Waals surface area contributed by atoms with E-state index >= 15 is 0 Å². The van der Waals surface area contributed by atoms with E-state index in [0.29, 0.717) is 29.4 Å². The molecule has 2 aliphatic rings. The molecular formula is C15H19N5O3S. The van der Waals surface area contributed by atoms with Crippen molar-refractivity contribution in [3.8, 4) is 0 Å². The first-order valence-corrected chi connectivity index (χ1v) is 9.86. The van der Waals surface area contributed by atoms with Crippen LogP contribution in [0.3, 0.4) is 0 Å². The molecule has 8 nitrogen and oxygen atoms in total. The van der Waals surface area contributed by atoms with Gasteiger partial charge in [-0.3, -0.25) is 4.79 Å². The van der Waals surface area contributed by atoms with E-state index in [9.17, 15) is 13.2 Å². The lowest BCUT2D eigenvalue weighted by atomic mass is 9.99. The number of amides is 1. The van der Waals surface area contributed by atoms with Crippen LogP contribution >= 0.6 is 0 Å². The molecule has 24 heavy (non-hydrogen) atoms. The van der Waals surface area contributed by atoms with Crippen molar-refractivity contribution in [2.45, 2.75) is 43.8 Å². The molecule has 9 heteroatoms. The van der Waals surface area contributed by atoms with Gasteiger partial charge in [0.25, 0.3) is 5.91 Å². The maximum absolute atomic E-state index is 12.5. The lowest BCUT2D eigenvalue weighted by Crippen LogP contribution is -2.52. The minimum Gasteiger partial charge on any atom is -0.349 e. The lowest BCUT2D eigenvalue weighted by Gasteiger charge is -2.37. The van der Waals surface area contributed by atoms with E-state index in [-0.39, 0.29) is 24.0 Å². The van der Waals surface area contributed by atoms with Gasteiger partial charge in [-0.1, -0.05) is 0 Å². The molecule has 128 valence electrons. The average molecular weight is 349 g/mol. The molecule has 0 spiro atoms. The Morgan fingerprint density at radius 3 is 2.54 bits per heavy atom. The smallest absolute Gasteiger partial charge is 0.251 e. The van der Waals surface area contributed by atoms with Gasteiger partial charge >= 0.3 is 0 Å². The molecule has 0 aliphatic carbocycles. The van der Waals surface area contributed by atoms with Crippen LogP contribution in [-0.2, 0) is 10.0 Å². The number of benzene rings is 1. The number of nitrogens with one attached hydrogen (secondary N) is 2. The van der Waals surface area contributed by atoms with Crippen LogP contribution in [0.15, 0.2) is 18.2 Å².